The molecule has 38 heavy (non-hydrogen) atoms. The second kappa shape index (κ2) is 11.9. The van der Waals surface area contributed by atoms with Gasteiger partial charge in [0.25, 0.3) is 5.91 Å². The topological polar surface area (TPSA) is 124 Å². The fourth-order valence-corrected chi connectivity index (χ4v) is 8.10. The minimum Gasteiger partial charge on any atom is -0.462 e. The van der Waals surface area contributed by atoms with Crippen molar-refractivity contribution >= 4 is 81.4 Å². The van der Waals surface area contributed by atoms with E-state index >= 15 is 0 Å². The van der Waals surface area contributed by atoms with Crippen LogP contribution in [0.3, 0.4) is 0 Å². The van der Waals surface area contributed by atoms with Gasteiger partial charge in [0, 0.05) is 9.35 Å². The molecule has 200 valence electrons. The van der Waals surface area contributed by atoms with E-state index in [2.05, 4.69) is 32.2 Å². The van der Waals surface area contributed by atoms with Gasteiger partial charge in [0.2, 0.25) is 5.91 Å². The van der Waals surface area contributed by atoms with E-state index in [1.807, 2.05) is 18.2 Å². The Balaban J connectivity index is 1.51. The van der Waals surface area contributed by atoms with Crippen LogP contribution in [0.1, 0.15) is 40.6 Å². The summed E-state index contributed by atoms with van der Waals surface area (Å²) in [6, 6.07) is 5.50. The zero-order chi connectivity index (χ0) is 27.4. The Kier molecular flexibility index (Phi) is 8.87. The molecular weight excluding hydrogens is 614 g/mol. The first kappa shape index (κ1) is 28.2. The maximum absolute atomic E-state index is 12.7. The Labute approximate surface area is 236 Å². The molecule has 1 aliphatic rings. The summed E-state index contributed by atoms with van der Waals surface area (Å²) in [5, 5.41) is 2.84. The molecule has 3 aromatic rings. The van der Waals surface area contributed by atoms with E-state index in [0.29, 0.717) is 6.42 Å². The van der Waals surface area contributed by atoms with Crippen molar-refractivity contribution in [2.75, 3.05) is 23.4 Å². The van der Waals surface area contributed by atoms with Gasteiger partial charge in [-0.05, 0) is 56.4 Å². The molecule has 0 spiro atoms. The van der Waals surface area contributed by atoms with Crippen LogP contribution >= 0.6 is 38.6 Å². The second-order valence-electron chi connectivity index (χ2n) is 8.51. The van der Waals surface area contributed by atoms with Gasteiger partial charge >= 0.3 is 5.97 Å². The fourth-order valence-electron chi connectivity index (χ4n) is 4.19. The molecule has 1 aromatic carbocycles. The van der Waals surface area contributed by atoms with Crippen molar-refractivity contribution in [3.63, 3.8) is 0 Å². The quantitative estimate of drug-likeness (QED) is 0.297. The summed E-state index contributed by atoms with van der Waals surface area (Å²) in [6.45, 7) is 2.01. The molecule has 0 atom stereocenters. The molecule has 0 fully saturated rings. The maximum atomic E-state index is 12.7. The number of amides is 2. The summed E-state index contributed by atoms with van der Waals surface area (Å²) >= 11 is 5.86. The van der Waals surface area contributed by atoms with Crippen LogP contribution in [0.25, 0.3) is 10.2 Å². The standard InChI is InChI=1S/C25H24BrN3O6S3/c1-3-11-29-17-10-9-15(26)12-19(17)37-25(29)28-21(31)14-38(33,34)13-20(30)27-23-22(24(32)35-4-2)16-7-5-6-8-18(16)36-23/h1,9-10,12H,4-8,11,13-14H2,2H3,(H,27,30). The van der Waals surface area contributed by atoms with Crippen molar-refractivity contribution in [3.8, 4) is 12.3 Å². The lowest BCUT2D eigenvalue weighted by Crippen LogP contribution is -2.28. The monoisotopic (exact) mass is 637 g/mol. The molecule has 0 aliphatic heterocycles. The van der Waals surface area contributed by atoms with Gasteiger partial charge in [-0.15, -0.1) is 17.8 Å². The number of aromatic nitrogens is 1. The second-order valence-corrected chi connectivity index (χ2v) is 13.6. The van der Waals surface area contributed by atoms with E-state index in [1.54, 1.807) is 11.5 Å². The van der Waals surface area contributed by atoms with Crippen LogP contribution in [-0.4, -0.2) is 48.9 Å². The number of terminal acetylenes is 1. The number of nitrogens with zero attached hydrogens (tertiary/aromatic N) is 2. The number of esters is 1. The van der Waals surface area contributed by atoms with Crippen LogP contribution in [0.2, 0.25) is 0 Å². The Morgan fingerprint density at radius 2 is 1.97 bits per heavy atom. The third-order valence-corrected chi connectivity index (χ3v) is 9.84. The highest BCUT2D eigenvalue weighted by Gasteiger charge is 2.28. The average Bonchev–Trinajstić information content (AvgIpc) is 3.35. The van der Waals surface area contributed by atoms with E-state index in [4.69, 9.17) is 11.2 Å². The SMILES string of the molecule is C#CCn1c(=NC(=O)CS(=O)(=O)CC(=O)Nc2sc3c(c2C(=O)OCC)CCCC3)sc2cc(Br)ccc21. The molecule has 0 radical (unpaired) electrons. The average molecular weight is 639 g/mol. The first-order valence-electron chi connectivity index (χ1n) is 11.7. The number of anilines is 1. The number of nitrogens with one attached hydrogen (secondary N) is 1. The zero-order valence-corrected chi connectivity index (χ0v) is 24.4. The minimum atomic E-state index is -4.15. The van der Waals surface area contributed by atoms with Crippen molar-refractivity contribution in [1.82, 2.24) is 4.57 Å². The number of thiophene rings is 1. The smallest absolute Gasteiger partial charge is 0.341 e. The van der Waals surface area contributed by atoms with Crippen LogP contribution in [0, 0.1) is 12.3 Å². The van der Waals surface area contributed by atoms with Gasteiger partial charge in [0.05, 0.1) is 28.9 Å². The Morgan fingerprint density at radius 1 is 1.21 bits per heavy atom. The third kappa shape index (κ3) is 6.43. The number of carbonyl (C=O) groups excluding carboxylic acids is 3. The lowest BCUT2D eigenvalue weighted by atomic mass is 9.95. The molecule has 0 bridgehead atoms. The van der Waals surface area contributed by atoms with Crippen LogP contribution in [-0.2, 0) is 43.5 Å². The lowest BCUT2D eigenvalue weighted by Gasteiger charge is -2.12. The highest BCUT2D eigenvalue weighted by molar-refractivity contribution is 9.10. The predicted molar refractivity (Wildman–Crippen MR) is 151 cm³/mol. The molecule has 2 amide bonds. The van der Waals surface area contributed by atoms with Crippen LogP contribution in [0.4, 0.5) is 5.00 Å². The van der Waals surface area contributed by atoms with Crippen LogP contribution < -0.4 is 10.1 Å². The first-order chi connectivity index (χ1) is 18.1. The lowest BCUT2D eigenvalue weighted by molar-refractivity contribution is -0.115. The molecule has 4 rings (SSSR count). The predicted octanol–water partition coefficient (Wildman–Crippen LogP) is 3.70. The first-order valence-corrected chi connectivity index (χ1v) is 16.0. The molecule has 9 nitrogen and oxygen atoms in total. The van der Waals surface area contributed by atoms with Gasteiger partial charge in [0.15, 0.2) is 14.6 Å². The van der Waals surface area contributed by atoms with Crippen molar-refractivity contribution in [2.45, 2.75) is 39.2 Å². The van der Waals surface area contributed by atoms with Crippen molar-refractivity contribution in [2.24, 2.45) is 4.99 Å². The molecule has 2 heterocycles. The maximum Gasteiger partial charge on any atom is 0.341 e. The normalized spacial score (nSPS) is 13.7. The van der Waals surface area contributed by atoms with E-state index in [9.17, 15) is 22.8 Å². The van der Waals surface area contributed by atoms with Gasteiger partial charge in [-0.3, -0.25) is 9.59 Å². The summed E-state index contributed by atoms with van der Waals surface area (Å²) in [4.78, 5) is 43.1. The number of benzene rings is 1. The number of rotatable bonds is 8. The van der Waals surface area contributed by atoms with Crippen LogP contribution in [0.5, 0.6) is 0 Å². The van der Waals surface area contributed by atoms with Gasteiger partial charge in [-0.25, -0.2) is 13.2 Å². The molecule has 1 N–H and O–H groups in total. The number of aryl methyl sites for hydroxylation is 1. The van der Waals surface area contributed by atoms with Crippen molar-refractivity contribution < 1.29 is 27.5 Å². The molecular formula is C25H24BrN3O6S3. The molecule has 0 unspecified atom stereocenters. The fraction of sp³-hybridized carbons (Fsp3) is 0.360. The Morgan fingerprint density at radius 3 is 2.71 bits per heavy atom. The van der Waals surface area contributed by atoms with Gasteiger partial charge < -0.3 is 14.6 Å². The highest BCUT2D eigenvalue weighted by atomic mass is 79.9. The van der Waals surface area contributed by atoms with E-state index in [0.717, 1.165) is 44.4 Å². The van der Waals surface area contributed by atoms with E-state index in [-0.39, 0.29) is 28.5 Å². The molecule has 2 aromatic heterocycles. The number of ether oxygens (including phenoxy) is 1. The summed E-state index contributed by atoms with van der Waals surface area (Å²) in [6.07, 6.45) is 8.84. The van der Waals surface area contributed by atoms with Crippen molar-refractivity contribution in [3.05, 3.63) is 43.5 Å². The van der Waals surface area contributed by atoms with E-state index < -0.39 is 39.1 Å². The number of halogens is 1. The number of thiazole rings is 1. The molecule has 13 heteroatoms. The van der Waals surface area contributed by atoms with Crippen molar-refractivity contribution in [1.29, 1.82) is 0 Å². The number of hydrogen-bond donors (Lipinski definition) is 1. The number of fused-ring (bicyclic) bond motifs is 2. The summed E-state index contributed by atoms with van der Waals surface area (Å²) < 4.78 is 33.9. The Bertz CT molecular complexity index is 1640. The Hall–Kier alpha value is -2.79. The molecule has 0 saturated heterocycles. The largest absolute Gasteiger partial charge is 0.462 e. The highest BCUT2D eigenvalue weighted by Crippen LogP contribution is 2.38. The summed E-state index contributed by atoms with van der Waals surface area (Å²) in [7, 11) is -4.15. The molecule has 1 aliphatic carbocycles. The van der Waals surface area contributed by atoms with Gasteiger partial charge in [-0.1, -0.05) is 33.2 Å². The summed E-state index contributed by atoms with van der Waals surface area (Å²) in [5.74, 6) is -1.66. The van der Waals surface area contributed by atoms with Gasteiger partial charge in [0.1, 0.15) is 16.5 Å². The number of sulfone groups is 1. The number of hydrogen-bond acceptors (Lipinski definition) is 8. The third-order valence-electron chi connectivity index (χ3n) is 5.71. The minimum absolute atomic E-state index is 0.149. The zero-order valence-electron chi connectivity index (χ0n) is 20.4. The van der Waals surface area contributed by atoms with Crippen LogP contribution in [0.15, 0.2) is 27.7 Å². The molecule has 0 saturated carbocycles. The number of carbonyl (C=O) groups is 3. The van der Waals surface area contributed by atoms with E-state index in [1.165, 1.54) is 22.7 Å². The summed E-state index contributed by atoms with van der Waals surface area (Å²) in [5.41, 5.74) is 1.90. The van der Waals surface area contributed by atoms with Gasteiger partial charge in [-0.2, -0.15) is 4.99 Å².